The lowest BCUT2D eigenvalue weighted by Gasteiger charge is -2.43. The van der Waals surface area contributed by atoms with Crippen LogP contribution < -0.4 is 5.73 Å². The number of nitrogens with two attached hydrogens (primary N) is 1. The molecule has 1 heterocycles. The van der Waals surface area contributed by atoms with Gasteiger partial charge in [0.15, 0.2) is 0 Å². The zero-order valence-corrected chi connectivity index (χ0v) is 10.4. The fraction of sp³-hybridized carbons (Fsp3) is 0.700. The van der Waals surface area contributed by atoms with Crippen molar-refractivity contribution in [1.82, 2.24) is 4.90 Å². The molecule has 2 bridgehead atoms. The lowest BCUT2D eigenvalue weighted by atomic mass is 9.69. The van der Waals surface area contributed by atoms with Gasteiger partial charge < -0.3 is 5.73 Å². The van der Waals surface area contributed by atoms with E-state index in [1.165, 1.54) is 6.08 Å². The Bertz CT molecular complexity index is 504. The quantitative estimate of drug-likeness (QED) is 0.525. The van der Waals surface area contributed by atoms with Crippen molar-refractivity contribution in [2.45, 2.75) is 23.9 Å². The van der Waals surface area contributed by atoms with E-state index >= 15 is 0 Å². The summed E-state index contributed by atoms with van der Waals surface area (Å²) in [4.78, 5) is 34.4. The maximum atomic E-state index is 11.3. The minimum absolute atomic E-state index is 0.0206. The average molecular weight is 270 g/mol. The molecule has 2 atom stereocenters. The van der Waals surface area contributed by atoms with Gasteiger partial charge in [0, 0.05) is 21.5 Å². The predicted molar refractivity (Wildman–Crippen MR) is 63.5 cm³/mol. The first kappa shape index (κ1) is 13.4. The molecule has 0 unspecified atom stereocenters. The number of piperidine rings is 1. The molecule has 0 radical (unpaired) electrons. The summed E-state index contributed by atoms with van der Waals surface area (Å²) in [5.74, 6) is -0.832. The highest BCUT2D eigenvalue weighted by atomic mass is 16.6. The van der Waals surface area contributed by atoms with E-state index in [-0.39, 0.29) is 31.5 Å². The first-order valence-corrected chi connectivity index (χ1v) is 5.70. The number of fused-ring (bicyclic) bond motifs is 2. The van der Waals surface area contributed by atoms with Crippen molar-refractivity contribution in [2.24, 2.45) is 5.73 Å². The molecule has 2 rings (SSSR count). The number of primary amides is 1. The molecule has 0 saturated carbocycles. The SMILES string of the molecule is CN1C[C@@]2([N+](=O)[O-])C=C(C(N)=O)C[C@@]([N+](=O)[O-])(C1)C2. The van der Waals surface area contributed by atoms with Gasteiger partial charge in [-0.3, -0.25) is 29.9 Å². The molecule has 0 spiro atoms. The number of amides is 1. The van der Waals surface area contributed by atoms with Crippen LogP contribution in [-0.4, -0.2) is 51.9 Å². The minimum Gasteiger partial charge on any atom is -0.366 e. The maximum absolute atomic E-state index is 11.3. The van der Waals surface area contributed by atoms with Crippen molar-refractivity contribution < 1.29 is 14.6 Å². The summed E-state index contributed by atoms with van der Waals surface area (Å²) in [7, 11) is 1.60. The van der Waals surface area contributed by atoms with Gasteiger partial charge in [-0.2, -0.15) is 0 Å². The Kier molecular flexibility index (Phi) is 2.81. The number of rotatable bonds is 3. The van der Waals surface area contributed by atoms with E-state index in [2.05, 4.69) is 0 Å². The third kappa shape index (κ3) is 1.95. The third-order valence-corrected chi connectivity index (χ3v) is 3.77. The molecule has 2 aliphatic rings. The van der Waals surface area contributed by atoms with Crippen LogP contribution in [0.4, 0.5) is 0 Å². The largest absolute Gasteiger partial charge is 0.366 e. The smallest absolute Gasteiger partial charge is 0.260 e. The normalized spacial score (nSPS) is 34.5. The van der Waals surface area contributed by atoms with Crippen molar-refractivity contribution in [3.05, 3.63) is 31.9 Å². The molecular formula is C10H14N4O5. The zero-order valence-electron chi connectivity index (χ0n) is 10.4. The second kappa shape index (κ2) is 3.98. The Hall–Kier alpha value is -2.03. The molecule has 1 amide bonds. The molecule has 0 aromatic heterocycles. The van der Waals surface area contributed by atoms with Crippen LogP contribution in [0, 0.1) is 20.2 Å². The molecule has 0 aromatic carbocycles. The third-order valence-electron chi connectivity index (χ3n) is 3.77. The summed E-state index contributed by atoms with van der Waals surface area (Å²) >= 11 is 0. The highest BCUT2D eigenvalue weighted by Gasteiger charge is 2.63. The summed E-state index contributed by atoms with van der Waals surface area (Å²) in [6, 6.07) is 0. The highest BCUT2D eigenvalue weighted by Crippen LogP contribution is 2.42. The lowest BCUT2D eigenvalue weighted by molar-refractivity contribution is -0.619. The second-order valence-electron chi connectivity index (χ2n) is 5.40. The van der Waals surface area contributed by atoms with E-state index < -0.39 is 26.8 Å². The van der Waals surface area contributed by atoms with Gasteiger partial charge in [0.1, 0.15) is 0 Å². The Labute approximate surface area is 108 Å². The number of likely N-dealkylation sites (tertiary alicyclic amines) is 1. The summed E-state index contributed by atoms with van der Waals surface area (Å²) in [6.07, 6.45) is 0.836. The summed E-state index contributed by atoms with van der Waals surface area (Å²) < 4.78 is 0. The summed E-state index contributed by atoms with van der Waals surface area (Å²) in [5, 5.41) is 22.7. The molecule has 9 nitrogen and oxygen atoms in total. The van der Waals surface area contributed by atoms with Crippen molar-refractivity contribution in [2.75, 3.05) is 20.1 Å². The molecule has 1 fully saturated rings. The molecule has 2 N–H and O–H groups in total. The van der Waals surface area contributed by atoms with Gasteiger partial charge in [0.2, 0.25) is 11.4 Å². The van der Waals surface area contributed by atoms with Gasteiger partial charge in [-0.25, -0.2) is 0 Å². The van der Waals surface area contributed by atoms with Gasteiger partial charge in [0.05, 0.1) is 25.9 Å². The minimum atomic E-state index is -1.61. The molecule has 19 heavy (non-hydrogen) atoms. The van der Waals surface area contributed by atoms with Crippen molar-refractivity contribution >= 4 is 5.91 Å². The van der Waals surface area contributed by atoms with Crippen molar-refractivity contribution in [3.8, 4) is 0 Å². The zero-order chi connectivity index (χ0) is 14.4. The van der Waals surface area contributed by atoms with Crippen molar-refractivity contribution in [1.29, 1.82) is 0 Å². The predicted octanol–water partition coefficient (Wildman–Crippen LogP) is -0.832. The van der Waals surface area contributed by atoms with Crippen LogP contribution in [0.3, 0.4) is 0 Å². The van der Waals surface area contributed by atoms with Crippen LogP contribution in [0.25, 0.3) is 0 Å². The van der Waals surface area contributed by atoms with Gasteiger partial charge in [-0.15, -0.1) is 0 Å². The van der Waals surface area contributed by atoms with E-state index in [1.54, 1.807) is 11.9 Å². The number of nitro groups is 2. The number of carbonyl (C=O) groups excluding carboxylic acids is 1. The van der Waals surface area contributed by atoms with Gasteiger partial charge in [0.25, 0.3) is 5.54 Å². The van der Waals surface area contributed by atoms with Crippen LogP contribution in [-0.2, 0) is 4.79 Å². The van der Waals surface area contributed by atoms with E-state index in [1.807, 2.05) is 0 Å². The number of carbonyl (C=O) groups is 1. The molecule has 9 heteroatoms. The molecular weight excluding hydrogens is 256 g/mol. The first-order valence-electron chi connectivity index (χ1n) is 5.70. The van der Waals surface area contributed by atoms with Crippen LogP contribution in [0.5, 0.6) is 0 Å². The number of hydrogen-bond acceptors (Lipinski definition) is 6. The fourth-order valence-electron chi connectivity index (χ4n) is 3.17. The van der Waals surface area contributed by atoms with Crippen LogP contribution >= 0.6 is 0 Å². The molecule has 1 aliphatic carbocycles. The standard InChI is InChI=1S/C10H14N4O5/c1-12-5-9(13(16)17)2-7(8(11)15)3-10(4-9,6-12)14(18)19/h2H,3-6H2,1H3,(H2,11,15)/t9-,10+/m1/s1. The number of likely N-dealkylation sites (N-methyl/N-ethyl adjacent to an activating group) is 1. The monoisotopic (exact) mass is 270 g/mol. The topological polar surface area (TPSA) is 133 Å². The van der Waals surface area contributed by atoms with Gasteiger partial charge in [-0.05, 0) is 7.05 Å². The van der Waals surface area contributed by atoms with E-state index in [0.717, 1.165) is 0 Å². The average Bonchev–Trinajstić information content (AvgIpc) is 2.26. The van der Waals surface area contributed by atoms with Crippen molar-refractivity contribution in [3.63, 3.8) is 0 Å². The van der Waals surface area contributed by atoms with Crippen LogP contribution in [0.15, 0.2) is 11.6 Å². The van der Waals surface area contributed by atoms with E-state index in [0.29, 0.717) is 0 Å². The highest BCUT2D eigenvalue weighted by molar-refractivity contribution is 5.92. The molecule has 0 aromatic rings. The van der Waals surface area contributed by atoms with E-state index in [4.69, 9.17) is 5.73 Å². The molecule has 104 valence electrons. The lowest BCUT2D eigenvalue weighted by Crippen LogP contribution is -2.66. The van der Waals surface area contributed by atoms with Crippen LogP contribution in [0.1, 0.15) is 12.8 Å². The van der Waals surface area contributed by atoms with Crippen LogP contribution in [0.2, 0.25) is 0 Å². The van der Waals surface area contributed by atoms with Gasteiger partial charge in [-0.1, -0.05) is 0 Å². The molecule has 1 aliphatic heterocycles. The Morgan fingerprint density at radius 2 is 2.00 bits per heavy atom. The van der Waals surface area contributed by atoms with Gasteiger partial charge >= 0.3 is 0 Å². The number of hydrogen-bond donors (Lipinski definition) is 1. The second-order valence-corrected chi connectivity index (χ2v) is 5.40. The first-order chi connectivity index (χ1) is 8.71. The van der Waals surface area contributed by atoms with E-state index in [9.17, 15) is 25.0 Å². The Balaban J connectivity index is 2.58. The summed E-state index contributed by atoms with van der Waals surface area (Å²) in [5.41, 5.74) is 2.01. The molecule has 1 saturated heterocycles. The Morgan fingerprint density at radius 1 is 1.37 bits per heavy atom. The fourth-order valence-corrected chi connectivity index (χ4v) is 3.17. The summed E-state index contributed by atoms with van der Waals surface area (Å²) in [6.45, 7) is 0.104. The Morgan fingerprint density at radius 3 is 2.47 bits per heavy atom. The maximum Gasteiger partial charge on any atom is 0.260 e. The number of nitrogens with zero attached hydrogens (tertiary/aromatic N) is 3.